The first-order valence-corrected chi connectivity index (χ1v) is 12.4. The Morgan fingerprint density at radius 1 is 1.19 bits per heavy atom. The van der Waals surface area contributed by atoms with E-state index in [1.165, 1.54) is 11.6 Å². The zero-order valence-electron chi connectivity index (χ0n) is 17.5. The van der Waals surface area contributed by atoms with Gasteiger partial charge in [-0.15, -0.1) is 0 Å². The van der Waals surface area contributed by atoms with Crippen molar-refractivity contribution in [1.29, 1.82) is 0 Å². The standard InChI is InChI=1S/C21H25N5O3S2/c1-15-5-3-6-17(13-15)26-12-11-25(14-16(26)2)20(27)9-10-22-31(28,29)19-8-4-7-18-21(19)24-30-23-18/h3-8,13,16,22H,9-12,14H2,1-2H3/t16-/m1/s1. The zero-order valence-corrected chi connectivity index (χ0v) is 19.1. The van der Waals surface area contributed by atoms with Crippen LogP contribution >= 0.6 is 11.7 Å². The average Bonchev–Trinajstić information content (AvgIpc) is 3.22. The van der Waals surface area contributed by atoms with Crippen molar-refractivity contribution in [2.45, 2.75) is 31.2 Å². The van der Waals surface area contributed by atoms with E-state index >= 15 is 0 Å². The Kier molecular flexibility index (Phi) is 6.22. The van der Waals surface area contributed by atoms with Crippen LogP contribution in [0.15, 0.2) is 47.4 Å². The normalized spacial score (nSPS) is 17.3. The molecule has 164 valence electrons. The van der Waals surface area contributed by atoms with Crippen molar-refractivity contribution in [2.24, 2.45) is 0 Å². The number of fused-ring (bicyclic) bond motifs is 1. The van der Waals surface area contributed by atoms with Crippen LogP contribution in [0.4, 0.5) is 5.69 Å². The maximum absolute atomic E-state index is 12.7. The number of hydrogen-bond donors (Lipinski definition) is 1. The maximum atomic E-state index is 12.7. The van der Waals surface area contributed by atoms with E-state index in [0.29, 0.717) is 24.1 Å². The minimum atomic E-state index is -3.77. The highest BCUT2D eigenvalue weighted by atomic mass is 32.2. The van der Waals surface area contributed by atoms with Crippen molar-refractivity contribution >= 4 is 44.4 Å². The van der Waals surface area contributed by atoms with Crippen LogP contribution in [-0.2, 0) is 14.8 Å². The Bertz CT molecular complexity index is 1190. The number of nitrogens with one attached hydrogen (secondary N) is 1. The fourth-order valence-corrected chi connectivity index (χ4v) is 5.70. The highest BCUT2D eigenvalue weighted by Crippen LogP contribution is 2.23. The lowest BCUT2D eigenvalue weighted by Crippen LogP contribution is -2.54. The first-order valence-electron chi connectivity index (χ1n) is 10.2. The van der Waals surface area contributed by atoms with E-state index in [0.717, 1.165) is 24.0 Å². The van der Waals surface area contributed by atoms with Gasteiger partial charge >= 0.3 is 0 Å². The number of piperazine rings is 1. The molecule has 0 bridgehead atoms. The lowest BCUT2D eigenvalue weighted by molar-refractivity contribution is -0.131. The summed E-state index contributed by atoms with van der Waals surface area (Å²) in [6.45, 7) is 6.20. The molecule has 8 nitrogen and oxygen atoms in total. The second-order valence-electron chi connectivity index (χ2n) is 7.76. The van der Waals surface area contributed by atoms with Gasteiger partial charge in [-0.3, -0.25) is 4.79 Å². The molecule has 2 heterocycles. The van der Waals surface area contributed by atoms with Crippen molar-refractivity contribution in [2.75, 3.05) is 31.1 Å². The molecular formula is C21H25N5O3S2. The predicted octanol–water partition coefficient (Wildman–Crippen LogP) is 2.41. The average molecular weight is 460 g/mol. The van der Waals surface area contributed by atoms with Crippen molar-refractivity contribution in [3.63, 3.8) is 0 Å². The second-order valence-corrected chi connectivity index (χ2v) is 10.0. The molecule has 2 aromatic carbocycles. The molecule has 1 aliphatic heterocycles. The van der Waals surface area contributed by atoms with Crippen molar-refractivity contribution < 1.29 is 13.2 Å². The molecular weight excluding hydrogens is 434 g/mol. The molecule has 1 aliphatic rings. The molecule has 31 heavy (non-hydrogen) atoms. The largest absolute Gasteiger partial charge is 0.365 e. The Balaban J connectivity index is 1.33. The van der Waals surface area contributed by atoms with Gasteiger partial charge in [0.05, 0.1) is 11.7 Å². The Morgan fingerprint density at radius 3 is 2.77 bits per heavy atom. The number of carbonyl (C=O) groups excluding carboxylic acids is 1. The quantitative estimate of drug-likeness (QED) is 0.608. The summed E-state index contributed by atoms with van der Waals surface area (Å²) in [5.41, 5.74) is 3.27. The van der Waals surface area contributed by atoms with Gasteiger partial charge in [0.1, 0.15) is 15.9 Å². The summed E-state index contributed by atoms with van der Waals surface area (Å²) < 4.78 is 36.0. The summed E-state index contributed by atoms with van der Waals surface area (Å²) in [5.74, 6) is -0.0491. The lowest BCUT2D eigenvalue weighted by atomic mass is 10.1. The molecule has 0 spiro atoms. The fourth-order valence-electron chi connectivity index (χ4n) is 3.90. The van der Waals surface area contributed by atoms with Crippen LogP contribution in [0.25, 0.3) is 11.0 Å². The second kappa shape index (κ2) is 8.89. The van der Waals surface area contributed by atoms with Crippen molar-refractivity contribution in [3.05, 3.63) is 48.0 Å². The maximum Gasteiger partial charge on any atom is 0.242 e. The minimum absolute atomic E-state index is 0.0432. The van der Waals surface area contributed by atoms with Crippen LogP contribution in [0.1, 0.15) is 18.9 Å². The van der Waals surface area contributed by atoms with E-state index in [2.05, 4.69) is 50.4 Å². The van der Waals surface area contributed by atoms with Gasteiger partial charge in [0.25, 0.3) is 0 Å². The highest BCUT2D eigenvalue weighted by molar-refractivity contribution is 7.89. The number of amides is 1. The van der Waals surface area contributed by atoms with Gasteiger partial charge in [-0.1, -0.05) is 18.2 Å². The van der Waals surface area contributed by atoms with Crippen LogP contribution < -0.4 is 9.62 Å². The van der Waals surface area contributed by atoms with E-state index < -0.39 is 10.0 Å². The number of carbonyl (C=O) groups is 1. The molecule has 1 atom stereocenters. The van der Waals surface area contributed by atoms with E-state index in [1.807, 2.05) is 11.0 Å². The summed E-state index contributed by atoms with van der Waals surface area (Å²) in [6, 6.07) is 13.4. The molecule has 1 aromatic heterocycles. The van der Waals surface area contributed by atoms with Gasteiger partial charge in [0.15, 0.2) is 0 Å². The number of aryl methyl sites for hydroxylation is 1. The topological polar surface area (TPSA) is 95.5 Å². The molecule has 0 aliphatic carbocycles. The summed E-state index contributed by atoms with van der Waals surface area (Å²) in [4.78, 5) is 16.9. The number of anilines is 1. The molecule has 1 fully saturated rings. The Morgan fingerprint density at radius 2 is 2.00 bits per heavy atom. The number of rotatable bonds is 6. The van der Waals surface area contributed by atoms with E-state index in [4.69, 9.17) is 0 Å². The molecule has 0 radical (unpaired) electrons. The minimum Gasteiger partial charge on any atom is -0.365 e. The van der Waals surface area contributed by atoms with Crippen LogP contribution in [0.5, 0.6) is 0 Å². The molecule has 1 N–H and O–H groups in total. The highest BCUT2D eigenvalue weighted by Gasteiger charge is 2.27. The summed E-state index contributed by atoms with van der Waals surface area (Å²) in [7, 11) is -3.77. The monoisotopic (exact) mass is 459 g/mol. The van der Waals surface area contributed by atoms with Crippen LogP contribution in [-0.4, -0.2) is 60.2 Å². The van der Waals surface area contributed by atoms with Crippen LogP contribution in [0.3, 0.4) is 0 Å². The predicted molar refractivity (Wildman–Crippen MR) is 122 cm³/mol. The third-order valence-corrected chi connectivity index (χ3v) is 7.52. The van der Waals surface area contributed by atoms with Crippen molar-refractivity contribution in [3.8, 4) is 0 Å². The number of hydrogen-bond acceptors (Lipinski definition) is 7. The van der Waals surface area contributed by atoms with Crippen LogP contribution in [0.2, 0.25) is 0 Å². The smallest absolute Gasteiger partial charge is 0.242 e. The van der Waals surface area contributed by atoms with Crippen molar-refractivity contribution in [1.82, 2.24) is 18.4 Å². The molecule has 0 unspecified atom stereocenters. The summed E-state index contributed by atoms with van der Waals surface area (Å²) in [5, 5.41) is 0. The van der Waals surface area contributed by atoms with Gasteiger partial charge in [0.2, 0.25) is 15.9 Å². The SMILES string of the molecule is Cc1cccc(N2CCN(C(=O)CCNS(=O)(=O)c3cccc4nsnc34)C[C@H]2C)c1. The van der Waals surface area contributed by atoms with Gasteiger partial charge in [-0.2, -0.15) is 8.75 Å². The summed E-state index contributed by atoms with van der Waals surface area (Å²) in [6.07, 6.45) is 0.113. The molecule has 4 rings (SSSR count). The van der Waals surface area contributed by atoms with Gasteiger partial charge < -0.3 is 9.80 Å². The summed E-state index contributed by atoms with van der Waals surface area (Å²) >= 11 is 0.973. The fraction of sp³-hybridized carbons (Fsp3) is 0.381. The molecule has 1 amide bonds. The first-order chi connectivity index (χ1) is 14.8. The third kappa shape index (κ3) is 4.70. The molecule has 3 aromatic rings. The molecule has 0 saturated carbocycles. The third-order valence-electron chi connectivity index (χ3n) is 5.48. The Hall–Kier alpha value is -2.56. The van der Waals surface area contributed by atoms with Gasteiger partial charge in [-0.25, -0.2) is 13.1 Å². The van der Waals surface area contributed by atoms with E-state index in [1.54, 1.807) is 12.1 Å². The Labute approximate surface area is 186 Å². The van der Waals surface area contributed by atoms with E-state index in [-0.39, 0.29) is 29.8 Å². The van der Waals surface area contributed by atoms with Gasteiger partial charge in [-0.05, 0) is 43.7 Å². The molecule has 10 heteroatoms. The zero-order chi connectivity index (χ0) is 22.0. The number of benzene rings is 2. The molecule has 1 saturated heterocycles. The van der Waals surface area contributed by atoms with Crippen LogP contribution in [0, 0.1) is 6.92 Å². The first kappa shape index (κ1) is 21.7. The number of nitrogens with zero attached hydrogens (tertiary/aromatic N) is 4. The van der Waals surface area contributed by atoms with E-state index in [9.17, 15) is 13.2 Å². The lowest BCUT2D eigenvalue weighted by Gasteiger charge is -2.41. The van der Waals surface area contributed by atoms with Gasteiger partial charge in [0, 0.05) is 44.3 Å². The number of aromatic nitrogens is 2. The number of sulfonamides is 1.